The van der Waals surface area contributed by atoms with Crippen LogP contribution in [0, 0.1) is 12.8 Å². The highest BCUT2D eigenvalue weighted by Crippen LogP contribution is 2.21. The SMILES string of the molecule is CCCC(=O)CC(C)Cc1ccc(OC)cc1C. The van der Waals surface area contributed by atoms with Gasteiger partial charge in [0.1, 0.15) is 11.5 Å². The maximum Gasteiger partial charge on any atom is 0.133 e. The van der Waals surface area contributed by atoms with Crippen LogP contribution < -0.4 is 4.74 Å². The summed E-state index contributed by atoms with van der Waals surface area (Å²) < 4.78 is 5.20. The van der Waals surface area contributed by atoms with Gasteiger partial charge in [-0.3, -0.25) is 4.79 Å². The molecule has 1 aromatic rings. The minimum Gasteiger partial charge on any atom is -0.497 e. The van der Waals surface area contributed by atoms with E-state index in [1.165, 1.54) is 11.1 Å². The van der Waals surface area contributed by atoms with Gasteiger partial charge in [0.05, 0.1) is 7.11 Å². The number of hydrogen-bond acceptors (Lipinski definition) is 2. The van der Waals surface area contributed by atoms with Crippen LogP contribution in [0.25, 0.3) is 0 Å². The molecule has 1 unspecified atom stereocenters. The molecule has 0 spiro atoms. The molecule has 18 heavy (non-hydrogen) atoms. The number of benzene rings is 1. The van der Waals surface area contributed by atoms with E-state index in [1.54, 1.807) is 7.11 Å². The zero-order valence-corrected chi connectivity index (χ0v) is 12.0. The van der Waals surface area contributed by atoms with Crippen molar-refractivity contribution in [2.24, 2.45) is 5.92 Å². The third-order valence-corrected chi connectivity index (χ3v) is 3.22. The van der Waals surface area contributed by atoms with Gasteiger partial charge in [0, 0.05) is 12.8 Å². The average molecular weight is 248 g/mol. The number of rotatable bonds is 7. The highest BCUT2D eigenvalue weighted by molar-refractivity contribution is 5.78. The number of ether oxygens (including phenoxy) is 1. The van der Waals surface area contributed by atoms with Crippen molar-refractivity contribution in [3.63, 3.8) is 0 Å². The summed E-state index contributed by atoms with van der Waals surface area (Å²) in [5, 5.41) is 0. The number of Topliss-reactive ketones (excluding diaryl/α,β-unsaturated/α-hetero) is 1. The normalized spacial score (nSPS) is 12.2. The summed E-state index contributed by atoms with van der Waals surface area (Å²) in [5.41, 5.74) is 2.55. The van der Waals surface area contributed by atoms with E-state index in [4.69, 9.17) is 4.74 Å². The molecule has 0 radical (unpaired) electrons. The largest absolute Gasteiger partial charge is 0.497 e. The molecule has 0 aliphatic heterocycles. The highest BCUT2D eigenvalue weighted by atomic mass is 16.5. The van der Waals surface area contributed by atoms with Crippen LogP contribution in [-0.4, -0.2) is 12.9 Å². The first kappa shape index (κ1) is 14.7. The van der Waals surface area contributed by atoms with E-state index < -0.39 is 0 Å². The van der Waals surface area contributed by atoms with E-state index in [0.29, 0.717) is 24.5 Å². The molecule has 1 atom stereocenters. The van der Waals surface area contributed by atoms with Crippen LogP contribution in [0.4, 0.5) is 0 Å². The molecule has 1 aromatic carbocycles. The van der Waals surface area contributed by atoms with Gasteiger partial charge in [0.2, 0.25) is 0 Å². The molecule has 0 bridgehead atoms. The summed E-state index contributed by atoms with van der Waals surface area (Å²) in [4.78, 5) is 11.6. The Kier molecular flexibility index (Phi) is 5.90. The zero-order valence-electron chi connectivity index (χ0n) is 12.0. The van der Waals surface area contributed by atoms with Crippen LogP contribution in [0.1, 0.15) is 44.2 Å². The lowest BCUT2D eigenvalue weighted by Gasteiger charge is -2.13. The minimum absolute atomic E-state index is 0.385. The van der Waals surface area contributed by atoms with E-state index in [0.717, 1.165) is 18.6 Å². The van der Waals surface area contributed by atoms with Crippen LogP contribution in [0.5, 0.6) is 5.75 Å². The van der Waals surface area contributed by atoms with Crippen LogP contribution in [0.15, 0.2) is 18.2 Å². The second-order valence-corrected chi connectivity index (χ2v) is 5.09. The second-order valence-electron chi connectivity index (χ2n) is 5.09. The molecule has 0 N–H and O–H groups in total. The van der Waals surface area contributed by atoms with Gasteiger partial charge >= 0.3 is 0 Å². The smallest absolute Gasteiger partial charge is 0.133 e. The summed E-state index contributed by atoms with van der Waals surface area (Å²) in [5.74, 6) is 1.69. The molecule has 1 rings (SSSR count). The quantitative estimate of drug-likeness (QED) is 0.730. The second kappa shape index (κ2) is 7.20. The zero-order chi connectivity index (χ0) is 13.5. The van der Waals surface area contributed by atoms with Crippen molar-refractivity contribution in [1.82, 2.24) is 0 Å². The summed E-state index contributed by atoms with van der Waals surface area (Å²) >= 11 is 0. The van der Waals surface area contributed by atoms with E-state index in [9.17, 15) is 4.79 Å². The van der Waals surface area contributed by atoms with Crippen molar-refractivity contribution in [1.29, 1.82) is 0 Å². The Morgan fingerprint density at radius 2 is 2.11 bits per heavy atom. The fraction of sp³-hybridized carbons (Fsp3) is 0.562. The predicted molar refractivity (Wildman–Crippen MR) is 75.1 cm³/mol. The van der Waals surface area contributed by atoms with Crippen LogP contribution in [0.3, 0.4) is 0 Å². The molecule has 0 aromatic heterocycles. The molecule has 0 saturated carbocycles. The first-order valence-corrected chi connectivity index (χ1v) is 6.72. The van der Waals surface area contributed by atoms with Crippen molar-refractivity contribution in [2.75, 3.05) is 7.11 Å². The molecule has 0 saturated heterocycles. The third kappa shape index (κ3) is 4.52. The Morgan fingerprint density at radius 3 is 2.67 bits per heavy atom. The minimum atomic E-state index is 0.385. The molecular formula is C16H24O2. The van der Waals surface area contributed by atoms with E-state index in [2.05, 4.69) is 32.9 Å². The molecule has 2 heteroatoms. The monoisotopic (exact) mass is 248 g/mol. The van der Waals surface area contributed by atoms with Gasteiger partial charge in [-0.1, -0.05) is 19.9 Å². The first-order valence-electron chi connectivity index (χ1n) is 6.72. The third-order valence-electron chi connectivity index (χ3n) is 3.22. The average Bonchev–Trinajstić information content (AvgIpc) is 2.31. The maximum atomic E-state index is 11.6. The molecule has 0 heterocycles. The highest BCUT2D eigenvalue weighted by Gasteiger charge is 2.11. The lowest BCUT2D eigenvalue weighted by atomic mass is 9.92. The lowest BCUT2D eigenvalue weighted by molar-refractivity contribution is -0.119. The summed E-state index contributed by atoms with van der Waals surface area (Å²) in [6, 6.07) is 6.15. The van der Waals surface area contributed by atoms with Crippen LogP contribution >= 0.6 is 0 Å². The number of hydrogen-bond donors (Lipinski definition) is 0. The van der Waals surface area contributed by atoms with Gasteiger partial charge in [0.15, 0.2) is 0 Å². The van der Waals surface area contributed by atoms with E-state index in [1.807, 2.05) is 6.07 Å². The van der Waals surface area contributed by atoms with E-state index >= 15 is 0 Å². The van der Waals surface area contributed by atoms with Gasteiger partial charge in [-0.15, -0.1) is 0 Å². The molecule has 0 aliphatic carbocycles. The number of carbonyl (C=O) groups is 1. The fourth-order valence-corrected chi connectivity index (χ4v) is 2.24. The Hall–Kier alpha value is -1.31. The maximum absolute atomic E-state index is 11.6. The topological polar surface area (TPSA) is 26.3 Å². The standard InChI is InChI=1S/C16H24O2/c1-5-6-15(17)10-12(2)9-14-7-8-16(18-4)11-13(14)3/h7-8,11-12H,5-6,9-10H2,1-4H3. The van der Waals surface area contributed by atoms with Gasteiger partial charge in [-0.05, 0) is 48.9 Å². The van der Waals surface area contributed by atoms with Crippen molar-refractivity contribution < 1.29 is 9.53 Å². The Balaban J connectivity index is 2.59. The van der Waals surface area contributed by atoms with Crippen LogP contribution in [-0.2, 0) is 11.2 Å². The van der Waals surface area contributed by atoms with Gasteiger partial charge in [-0.25, -0.2) is 0 Å². The van der Waals surface area contributed by atoms with Crippen molar-refractivity contribution in [3.8, 4) is 5.75 Å². The summed E-state index contributed by atoms with van der Waals surface area (Å²) in [6.45, 7) is 6.30. The molecule has 0 fully saturated rings. The Morgan fingerprint density at radius 1 is 1.39 bits per heavy atom. The lowest BCUT2D eigenvalue weighted by Crippen LogP contribution is -2.08. The predicted octanol–water partition coefficient (Wildman–Crippen LogP) is 3.94. The summed E-state index contributed by atoms with van der Waals surface area (Å²) in [6.07, 6.45) is 3.32. The molecule has 0 aliphatic rings. The van der Waals surface area contributed by atoms with E-state index in [-0.39, 0.29) is 0 Å². The number of aryl methyl sites for hydroxylation is 1. The van der Waals surface area contributed by atoms with Gasteiger partial charge in [-0.2, -0.15) is 0 Å². The fourth-order valence-electron chi connectivity index (χ4n) is 2.24. The Labute approximate surface area is 110 Å². The molecule has 100 valence electrons. The number of methoxy groups -OCH3 is 1. The number of carbonyl (C=O) groups excluding carboxylic acids is 1. The van der Waals surface area contributed by atoms with Crippen LogP contribution in [0.2, 0.25) is 0 Å². The van der Waals surface area contributed by atoms with Crippen molar-refractivity contribution in [3.05, 3.63) is 29.3 Å². The Bertz CT molecular complexity index is 396. The van der Waals surface area contributed by atoms with Crippen molar-refractivity contribution in [2.45, 2.75) is 46.5 Å². The van der Waals surface area contributed by atoms with Gasteiger partial charge < -0.3 is 4.74 Å². The number of ketones is 1. The molecule has 2 nitrogen and oxygen atoms in total. The van der Waals surface area contributed by atoms with Crippen molar-refractivity contribution >= 4 is 5.78 Å². The summed E-state index contributed by atoms with van der Waals surface area (Å²) in [7, 11) is 1.68. The molecular weight excluding hydrogens is 224 g/mol. The molecule has 0 amide bonds. The first-order chi connectivity index (χ1) is 8.56. The van der Waals surface area contributed by atoms with Gasteiger partial charge in [0.25, 0.3) is 0 Å².